The van der Waals surface area contributed by atoms with Gasteiger partial charge in [-0.15, -0.1) is 0 Å². The molecule has 100 valence electrons. The minimum Gasteiger partial charge on any atom is -0.343 e. The Morgan fingerprint density at radius 3 is 2.95 bits per heavy atom. The van der Waals surface area contributed by atoms with Gasteiger partial charge in [0.25, 0.3) is 5.69 Å². The minimum atomic E-state index is -0.370. The first-order valence-corrected chi connectivity index (χ1v) is 5.81. The molecule has 0 aliphatic heterocycles. The molecule has 7 heteroatoms. The van der Waals surface area contributed by atoms with E-state index in [0.717, 1.165) is 5.56 Å². The molecule has 1 aromatic carbocycles. The Kier molecular flexibility index (Phi) is 3.86. The molecular formula is C12H14N4O3. The van der Waals surface area contributed by atoms with E-state index in [2.05, 4.69) is 20.0 Å². The second-order valence-corrected chi connectivity index (χ2v) is 4.25. The molecule has 0 saturated heterocycles. The first-order valence-electron chi connectivity index (χ1n) is 5.81. The number of nitro benzene ring substituents is 1. The molecule has 1 unspecified atom stereocenters. The highest BCUT2D eigenvalue weighted by molar-refractivity contribution is 5.43. The van der Waals surface area contributed by atoms with Crippen LogP contribution in [0.4, 0.5) is 5.69 Å². The molecule has 0 fully saturated rings. The maximum Gasteiger partial charge on any atom is 0.272 e. The lowest BCUT2D eigenvalue weighted by Crippen LogP contribution is -2.19. The average molecular weight is 262 g/mol. The summed E-state index contributed by atoms with van der Waals surface area (Å²) in [6, 6.07) is 5.16. The Labute approximate surface area is 109 Å². The van der Waals surface area contributed by atoms with Crippen LogP contribution in [0.2, 0.25) is 0 Å². The van der Waals surface area contributed by atoms with Crippen molar-refractivity contribution in [1.29, 1.82) is 0 Å². The van der Waals surface area contributed by atoms with Gasteiger partial charge in [0.05, 0.1) is 11.5 Å². The van der Waals surface area contributed by atoms with Crippen molar-refractivity contribution in [2.45, 2.75) is 26.4 Å². The number of rotatable bonds is 5. The van der Waals surface area contributed by atoms with Gasteiger partial charge < -0.3 is 9.84 Å². The van der Waals surface area contributed by atoms with E-state index in [-0.39, 0.29) is 16.7 Å². The maximum absolute atomic E-state index is 10.9. The SMILES string of the molecule is Cc1ccc(C(C)NCc2ncon2)cc1[N+](=O)[O-]. The van der Waals surface area contributed by atoms with E-state index in [9.17, 15) is 10.1 Å². The minimum absolute atomic E-state index is 0.0437. The lowest BCUT2D eigenvalue weighted by atomic mass is 10.0. The van der Waals surface area contributed by atoms with Crippen LogP contribution in [0.25, 0.3) is 0 Å². The van der Waals surface area contributed by atoms with E-state index in [1.54, 1.807) is 19.1 Å². The lowest BCUT2D eigenvalue weighted by Gasteiger charge is -2.13. The summed E-state index contributed by atoms with van der Waals surface area (Å²) in [7, 11) is 0. The quantitative estimate of drug-likeness (QED) is 0.655. The molecular weight excluding hydrogens is 248 g/mol. The molecule has 1 atom stereocenters. The van der Waals surface area contributed by atoms with Gasteiger partial charge in [-0.05, 0) is 19.4 Å². The fourth-order valence-corrected chi connectivity index (χ4v) is 1.72. The normalized spacial score (nSPS) is 12.3. The Morgan fingerprint density at radius 1 is 1.53 bits per heavy atom. The number of benzene rings is 1. The van der Waals surface area contributed by atoms with Crippen LogP contribution < -0.4 is 5.32 Å². The van der Waals surface area contributed by atoms with Crippen LogP contribution in [0, 0.1) is 17.0 Å². The van der Waals surface area contributed by atoms with Crippen LogP contribution in [0.3, 0.4) is 0 Å². The maximum atomic E-state index is 10.9. The molecule has 2 aromatic rings. The summed E-state index contributed by atoms with van der Waals surface area (Å²) in [5.41, 5.74) is 1.63. The number of hydrogen-bond donors (Lipinski definition) is 1. The van der Waals surface area contributed by atoms with Crippen molar-refractivity contribution in [2.75, 3.05) is 0 Å². The molecule has 2 rings (SSSR count). The number of aromatic nitrogens is 2. The van der Waals surface area contributed by atoms with Gasteiger partial charge in [-0.2, -0.15) is 4.98 Å². The topological polar surface area (TPSA) is 94.1 Å². The number of aryl methyl sites for hydroxylation is 1. The zero-order valence-electron chi connectivity index (χ0n) is 10.7. The highest BCUT2D eigenvalue weighted by atomic mass is 16.6. The Bertz CT molecular complexity index is 568. The molecule has 0 saturated carbocycles. The van der Waals surface area contributed by atoms with Crippen LogP contribution >= 0.6 is 0 Å². The summed E-state index contributed by atoms with van der Waals surface area (Å²) in [5.74, 6) is 0.550. The van der Waals surface area contributed by atoms with Crippen molar-refractivity contribution in [3.8, 4) is 0 Å². The van der Waals surface area contributed by atoms with Crippen molar-refractivity contribution in [3.63, 3.8) is 0 Å². The van der Waals surface area contributed by atoms with Crippen molar-refractivity contribution < 1.29 is 9.45 Å². The van der Waals surface area contributed by atoms with Gasteiger partial charge in [0.2, 0.25) is 6.39 Å². The van der Waals surface area contributed by atoms with Crippen LogP contribution in [0.1, 0.15) is 29.9 Å². The van der Waals surface area contributed by atoms with Crippen molar-refractivity contribution in [3.05, 3.63) is 51.7 Å². The van der Waals surface area contributed by atoms with Gasteiger partial charge >= 0.3 is 0 Å². The zero-order valence-corrected chi connectivity index (χ0v) is 10.7. The molecule has 0 bridgehead atoms. The molecule has 1 aromatic heterocycles. The molecule has 0 aliphatic rings. The van der Waals surface area contributed by atoms with Gasteiger partial charge in [-0.3, -0.25) is 10.1 Å². The molecule has 1 N–H and O–H groups in total. The van der Waals surface area contributed by atoms with E-state index >= 15 is 0 Å². The number of hydrogen-bond acceptors (Lipinski definition) is 6. The van der Waals surface area contributed by atoms with E-state index in [1.807, 2.05) is 13.0 Å². The number of nitrogens with one attached hydrogen (secondary N) is 1. The number of nitrogens with zero attached hydrogens (tertiary/aromatic N) is 3. The van der Waals surface area contributed by atoms with Crippen molar-refractivity contribution in [1.82, 2.24) is 15.5 Å². The van der Waals surface area contributed by atoms with Gasteiger partial charge in [0.1, 0.15) is 0 Å². The van der Waals surface area contributed by atoms with E-state index in [0.29, 0.717) is 17.9 Å². The Morgan fingerprint density at radius 2 is 2.32 bits per heavy atom. The average Bonchev–Trinajstić information content (AvgIpc) is 2.89. The largest absolute Gasteiger partial charge is 0.343 e. The highest BCUT2D eigenvalue weighted by Crippen LogP contribution is 2.23. The summed E-state index contributed by atoms with van der Waals surface area (Å²) < 4.78 is 4.63. The molecule has 0 amide bonds. The Hall–Kier alpha value is -2.28. The smallest absolute Gasteiger partial charge is 0.272 e. The fourth-order valence-electron chi connectivity index (χ4n) is 1.72. The van der Waals surface area contributed by atoms with E-state index < -0.39 is 0 Å². The summed E-state index contributed by atoms with van der Waals surface area (Å²) in [6.07, 6.45) is 1.26. The van der Waals surface area contributed by atoms with E-state index in [4.69, 9.17) is 0 Å². The van der Waals surface area contributed by atoms with Crippen molar-refractivity contribution >= 4 is 5.69 Å². The second kappa shape index (κ2) is 5.57. The third-order valence-corrected chi connectivity index (χ3v) is 2.90. The van der Waals surface area contributed by atoms with Gasteiger partial charge in [-0.1, -0.05) is 17.3 Å². The number of nitro groups is 1. The first kappa shape index (κ1) is 13.2. The first-order chi connectivity index (χ1) is 9.08. The predicted octanol–water partition coefficient (Wildman–Crippen LogP) is 2.14. The van der Waals surface area contributed by atoms with Crippen LogP contribution in [0.15, 0.2) is 29.1 Å². The zero-order chi connectivity index (χ0) is 13.8. The van der Waals surface area contributed by atoms with Gasteiger partial charge in [0.15, 0.2) is 5.82 Å². The molecule has 0 spiro atoms. The molecule has 0 aliphatic carbocycles. The summed E-state index contributed by atoms with van der Waals surface area (Å²) in [5, 5.41) is 17.8. The lowest BCUT2D eigenvalue weighted by molar-refractivity contribution is -0.385. The third-order valence-electron chi connectivity index (χ3n) is 2.90. The van der Waals surface area contributed by atoms with Crippen LogP contribution in [-0.4, -0.2) is 15.1 Å². The monoisotopic (exact) mass is 262 g/mol. The second-order valence-electron chi connectivity index (χ2n) is 4.25. The summed E-state index contributed by atoms with van der Waals surface area (Å²) in [4.78, 5) is 14.4. The molecule has 0 radical (unpaired) electrons. The van der Waals surface area contributed by atoms with Gasteiger partial charge in [-0.25, -0.2) is 0 Å². The fraction of sp³-hybridized carbons (Fsp3) is 0.333. The van der Waals surface area contributed by atoms with Gasteiger partial charge in [0, 0.05) is 17.7 Å². The highest BCUT2D eigenvalue weighted by Gasteiger charge is 2.14. The summed E-state index contributed by atoms with van der Waals surface area (Å²) >= 11 is 0. The molecule has 19 heavy (non-hydrogen) atoms. The summed E-state index contributed by atoms with van der Waals surface area (Å²) in [6.45, 7) is 4.09. The molecule has 1 heterocycles. The molecule has 7 nitrogen and oxygen atoms in total. The van der Waals surface area contributed by atoms with Crippen molar-refractivity contribution in [2.24, 2.45) is 0 Å². The standard InChI is InChI=1S/C12H14N4O3/c1-8-3-4-10(5-11(8)16(17)18)9(2)13-6-12-14-7-19-15-12/h3-5,7,9,13H,6H2,1-2H3. The van der Waals surface area contributed by atoms with Crippen LogP contribution in [0.5, 0.6) is 0 Å². The third kappa shape index (κ3) is 3.14. The predicted molar refractivity (Wildman–Crippen MR) is 67.4 cm³/mol. The van der Waals surface area contributed by atoms with Crippen LogP contribution in [-0.2, 0) is 6.54 Å². The Balaban J connectivity index is 2.08. The van der Waals surface area contributed by atoms with E-state index in [1.165, 1.54) is 6.39 Å².